The van der Waals surface area contributed by atoms with Crippen molar-refractivity contribution in [3.8, 4) is 0 Å². The van der Waals surface area contributed by atoms with Gasteiger partial charge in [0.15, 0.2) is 6.29 Å². The number of hydrogen-bond donors (Lipinski definition) is 2. The van der Waals surface area contributed by atoms with Crippen LogP contribution in [0.1, 0.15) is 18.1 Å². The molecule has 156 valence electrons. The van der Waals surface area contributed by atoms with Gasteiger partial charge in [0.2, 0.25) is 0 Å². The molecule has 2 aromatic rings. The summed E-state index contributed by atoms with van der Waals surface area (Å²) in [4.78, 5) is 11.2. The van der Waals surface area contributed by atoms with Gasteiger partial charge < -0.3 is 29.2 Å². The van der Waals surface area contributed by atoms with Gasteiger partial charge in [0, 0.05) is 6.92 Å². The fourth-order valence-electron chi connectivity index (χ4n) is 3.17. The zero-order valence-electron chi connectivity index (χ0n) is 16.2. The molecule has 0 saturated carbocycles. The van der Waals surface area contributed by atoms with Crippen LogP contribution < -0.4 is 0 Å². The maximum absolute atomic E-state index is 11.2. The Bertz CT molecular complexity index is 752. The molecular weight excluding hydrogens is 376 g/mol. The minimum Gasteiger partial charge on any atom is -0.463 e. The summed E-state index contributed by atoms with van der Waals surface area (Å²) in [5, 5.41) is 20.6. The lowest BCUT2D eigenvalue weighted by Crippen LogP contribution is -2.60. The topological polar surface area (TPSA) is 94.5 Å². The van der Waals surface area contributed by atoms with Gasteiger partial charge in [-0.25, -0.2) is 0 Å². The van der Waals surface area contributed by atoms with Crippen molar-refractivity contribution in [2.45, 2.75) is 50.8 Å². The molecule has 1 fully saturated rings. The molecule has 0 aliphatic carbocycles. The van der Waals surface area contributed by atoms with E-state index in [0.29, 0.717) is 0 Å². The minimum absolute atomic E-state index is 0.121. The summed E-state index contributed by atoms with van der Waals surface area (Å²) in [7, 11) is 0. The van der Waals surface area contributed by atoms with E-state index in [1.54, 1.807) is 0 Å². The highest BCUT2D eigenvalue weighted by Crippen LogP contribution is 2.27. The van der Waals surface area contributed by atoms with Gasteiger partial charge in [-0.15, -0.1) is 0 Å². The molecule has 5 atom stereocenters. The summed E-state index contributed by atoms with van der Waals surface area (Å²) in [6.07, 6.45) is -5.21. The lowest BCUT2D eigenvalue weighted by molar-refractivity contribution is -0.305. The Kier molecular flexibility index (Phi) is 7.74. The SMILES string of the molecule is CC(=O)OC[C@H]1O[C@@H](O)[C@H](O)[C@@H](OCc2ccccc2)[C@@H]1OCc1ccccc1. The van der Waals surface area contributed by atoms with Gasteiger partial charge in [0.25, 0.3) is 0 Å². The van der Waals surface area contributed by atoms with E-state index >= 15 is 0 Å². The fourth-order valence-corrected chi connectivity index (χ4v) is 3.17. The zero-order chi connectivity index (χ0) is 20.6. The first-order chi connectivity index (χ1) is 14.0. The summed E-state index contributed by atoms with van der Waals surface area (Å²) in [5.74, 6) is -0.474. The lowest BCUT2D eigenvalue weighted by atomic mass is 9.98. The Morgan fingerprint density at radius 3 is 1.93 bits per heavy atom. The Morgan fingerprint density at radius 2 is 1.41 bits per heavy atom. The quantitative estimate of drug-likeness (QED) is 0.650. The van der Waals surface area contributed by atoms with Crippen molar-refractivity contribution in [3.05, 3.63) is 71.8 Å². The van der Waals surface area contributed by atoms with Crippen LogP contribution in [0.5, 0.6) is 0 Å². The second-order valence-corrected chi connectivity index (χ2v) is 6.88. The van der Waals surface area contributed by atoms with Crippen LogP contribution in [0.3, 0.4) is 0 Å². The molecule has 0 amide bonds. The standard InChI is InChI=1S/C22H26O7/c1-15(23)26-14-18-20(27-12-16-8-4-2-5-9-16)21(19(24)22(25)29-18)28-13-17-10-6-3-7-11-17/h2-11,18-22,24-25H,12-14H2,1H3/t18-,19-,20-,21-,22-/m1/s1. The smallest absolute Gasteiger partial charge is 0.302 e. The van der Waals surface area contributed by atoms with E-state index in [1.807, 2.05) is 60.7 Å². The maximum atomic E-state index is 11.2. The van der Waals surface area contributed by atoms with Crippen LogP contribution in [-0.2, 0) is 37.0 Å². The van der Waals surface area contributed by atoms with E-state index in [2.05, 4.69) is 0 Å². The van der Waals surface area contributed by atoms with Crippen molar-refractivity contribution in [2.75, 3.05) is 6.61 Å². The van der Waals surface area contributed by atoms with Crippen molar-refractivity contribution in [3.63, 3.8) is 0 Å². The molecule has 2 aromatic carbocycles. The van der Waals surface area contributed by atoms with E-state index < -0.39 is 36.7 Å². The van der Waals surface area contributed by atoms with Crippen molar-refractivity contribution in [1.82, 2.24) is 0 Å². The molecule has 0 spiro atoms. The van der Waals surface area contributed by atoms with Crippen LogP contribution in [0.2, 0.25) is 0 Å². The Morgan fingerprint density at radius 1 is 0.897 bits per heavy atom. The van der Waals surface area contributed by atoms with Crippen LogP contribution in [0.25, 0.3) is 0 Å². The number of hydrogen-bond acceptors (Lipinski definition) is 7. The maximum Gasteiger partial charge on any atom is 0.302 e. The molecule has 1 heterocycles. The summed E-state index contributed by atoms with van der Waals surface area (Å²) in [6.45, 7) is 1.64. The highest BCUT2D eigenvalue weighted by atomic mass is 16.7. The molecular formula is C22H26O7. The molecule has 7 nitrogen and oxygen atoms in total. The molecule has 0 bridgehead atoms. The monoisotopic (exact) mass is 402 g/mol. The van der Waals surface area contributed by atoms with Crippen LogP contribution in [0.4, 0.5) is 0 Å². The molecule has 0 radical (unpaired) electrons. The molecule has 29 heavy (non-hydrogen) atoms. The van der Waals surface area contributed by atoms with Gasteiger partial charge in [-0.05, 0) is 11.1 Å². The number of aliphatic hydroxyl groups is 2. The number of benzene rings is 2. The first kappa shape index (κ1) is 21.4. The van der Waals surface area contributed by atoms with Gasteiger partial charge in [-0.1, -0.05) is 60.7 Å². The molecule has 1 aliphatic rings. The molecule has 2 N–H and O–H groups in total. The second-order valence-electron chi connectivity index (χ2n) is 6.88. The molecule has 0 aromatic heterocycles. The number of carbonyl (C=O) groups excluding carboxylic acids is 1. The molecule has 1 saturated heterocycles. The predicted octanol–water partition coefficient (Wildman–Crippen LogP) is 1.80. The van der Waals surface area contributed by atoms with Gasteiger partial charge in [0.05, 0.1) is 13.2 Å². The first-order valence-corrected chi connectivity index (χ1v) is 9.50. The van der Waals surface area contributed by atoms with Crippen LogP contribution >= 0.6 is 0 Å². The number of carbonyl (C=O) groups is 1. The molecule has 0 unspecified atom stereocenters. The van der Waals surface area contributed by atoms with E-state index in [9.17, 15) is 15.0 Å². The third kappa shape index (κ3) is 6.09. The zero-order valence-corrected chi connectivity index (χ0v) is 16.2. The van der Waals surface area contributed by atoms with Gasteiger partial charge in [-0.3, -0.25) is 4.79 Å². The Labute approximate surface area is 169 Å². The van der Waals surface area contributed by atoms with Crippen molar-refractivity contribution in [2.24, 2.45) is 0 Å². The Balaban J connectivity index is 1.75. The number of esters is 1. The summed E-state index contributed by atoms with van der Waals surface area (Å²) in [6, 6.07) is 19.0. The van der Waals surface area contributed by atoms with E-state index in [1.165, 1.54) is 6.92 Å². The molecule has 7 heteroatoms. The van der Waals surface area contributed by atoms with E-state index in [0.717, 1.165) is 11.1 Å². The average Bonchev–Trinajstić information content (AvgIpc) is 2.74. The highest BCUT2D eigenvalue weighted by molar-refractivity contribution is 5.65. The van der Waals surface area contributed by atoms with Gasteiger partial charge in [0.1, 0.15) is 31.0 Å². The molecule has 1 aliphatic heterocycles. The van der Waals surface area contributed by atoms with Crippen LogP contribution in [-0.4, -0.2) is 53.5 Å². The largest absolute Gasteiger partial charge is 0.463 e. The number of rotatable bonds is 8. The highest BCUT2D eigenvalue weighted by Gasteiger charge is 2.46. The van der Waals surface area contributed by atoms with Crippen molar-refractivity contribution < 1.29 is 34.0 Å². The number of aliphatic hydroxyl groups excluding tert-OH is 2. The Hall–Kier alpha value is -2.29. The van der Waals surface area contributed by atoms with E-state index in [-0.39, 0.29) is 19.8 Å². The number of ether oxygens (including phenoxy) is 4. The third-order valence-electron chi connectivity index (χ3n) is 4.65. The van der Waals surface area contributed by atoms with Gasteiger partial charge in [-0.2, -0.15) is 0 Å². The lowest BCUT2D eigenvalue weighted by Gasteiger charge is -2.42. The normalized spacial score (nSPS) is 26.8. The minimum atomic E-state index is -1.48. The van der Waals surface area contributed by atoms with Crippen molar-refractivity contribution in [1.29, 1.82) is 0 Å². The third-order valence-corrected chi connectivity index (χ3v) is 4.65. The van der Waals surface area contributed by atoms with E-state index in [4.69, 9.17) is 18.9 Å². The summed E-state index contributed by atoms with van der Waals surface area (Å²) < 4.78 is 22.5. The first-order valence-electron chi connectivity index (χ1n) is 9.50. The van der Waals surface area contributed by atoms with Gasteiger partial charge >= 0.3 is 5.97 Å². The van der Waals surface area contributed by atoms with Crippen molar-refractivity contribution >= 4 is 5.97 Å². The van der Waals surface area contributed by atoms with Crippen LogP contribution in [0, 0.1) is 0 Å². The summed E-state index contributed by atoms with van der Waals surface area (Å²) in [5.41, 5.74) is 1.85. The van der Waals surface area contributed by atoms with Crippen LogP contribution in [0.15, 0.2) is 60.7 Å². The fraction of sp³-hybridized carbons (Fsp3) is 0.409. The summed E-state index contributed by atoms with van der Waals surface area (Å²) >= 11 is 0. The molecule has 3 rings (SSSR count). The average molecular weight is 402 g/mol. The second kappa shape index (κ2) is 10.5. The predicted molar refractivity (Wildman–Crippen MR) is 104 cm³/mol.